The molecule has 0 unspecified atom stereocenters. The van der Waals surface area contributed by atoms with E-state index in [0.717, 1.165) is 0 Å². The number of methoxy groups -OCH3 is 1. The number of hydrogen-bond donors (Lipinski definition) is 2. The summed E-state index contributed by atoms with van der Waals surface area (Å²) in [5.74, 6) is -0.894. The van der Waals surface area contributed by atoms with Crippen LogP contribution in [-0.4, -0.2) is 27.4 Å². The topological polar surface area (TPSA) is 102 Å². The summed E-state index contributed by atoms with van der Waals surface area (Å²) in [6.45, 7) is 0. The van der Waals surface area contributed by atoms with Crippen LogP contribution in [0.3, 0.4) is 0 Å². The predicted molar refractivity (Wildman–Crippen MR) is 93.6 cm³/mol. The largest absolute Gasteiger partial charge is 0.469 e. The van der Waals surface area contributed by atoms with Gasteiger partial charge in [-0.1, -0.05) is 24.3 Å². The SMILES string of the molecule is COC(=O)CCC(=O)Nc1cccc(S(=O)(=O)Nc2ccccc2)c1. The minimum Gasteiger partial charge on any atom is -0.469 e. The monoisotopic (exact) mass is 362 g/mol. The van der Waals surface area contributed by atoms with Gasteiger partial charge >= 0.3 is 5.97 Å². The molecule has 8 heteroatoms. The van der Waals surface area contributed by atoms with Gasteiger partial charge < -0.3 is 10.1 Å². The van der Waals surface area contributed by atoms with Crippen LogP contribution in [-0.2, 0) is 24.3 Å². The van der Waals surface area contributed by atoms with Crippen LogP contribution in [0, 0.1) is 0 Å². The zero-order valence-corrected chi connectivity index (χ0v) is 14.4. The highest BCUT2D eigenvalue weighted by molar-refractivity contribution is 7.92. The van der Waals surface area contributed by atoms with Crippen molar-refractivity contribution in [2.75, 3.05) is 17.1 Å². The van der Waals surface area contributed by atoms with E-state index in [4.69, 9.17) is 0 Å². The molecular formula is C17H18N2O5S. The highest BCUT2D eigenvalue weighted by atomic mass is 32.2. The molecule has 0 aromatic heterocycles. The third-order valence-electron chi connectivity index (χ3n) is 3.24. The molecule has 0 aliphatic heterocycles. The van der Waals surface area contributed by atoms with Gasteiger partial charge in [0.2, 0.25) is 5.91 Å². The number of amides is 1. The Balaban J connectivity index is 2.07. The third-order valence-corrected chi connectivity index (χ3v) is 4.62. The fourth-order valence-corrected chi connectivity index (χ4v) is 3.11. The Hall–Kier alpha value is -2.87. The minimum atomic E-state index is -3.78. The van der Waals surface area contributed by atoms with E-state index in [2.05, 4.69) is 14.8 Å². The molecule has 0 bridgehead atoms. The standard InChI is InChI=1S/C17H18N2O5S/c1-24-17(21)11-10-16(20)18-14-8-5-9-15(12-14)25(22,23)19-13-6-3-2-4-7-13/h2-9,12,19H,10-11H2,1H3,(H,18,20). The van der Waals surface area contributed by atoms with Crippen molar-refractivity contribution in [2.45, 2.75) is 17.7 Å². The van der Waals surface area contributed by atoms with Crippen LogP contribution in [0.1, 0.15) is 12.8 Å². The number of sulfonamides is 1. The average molecular weight is 362 g/mol. The summed E-state index contributed by atoms with van der Waals surface area (Å²) < 4.78 is 31.7. The molecule has 0 saturated carbocycles. The van der Waals surface area contributed by atoms with Gasteiger partial charge in [-0.25, -0.2) is 8.42 Å². The molecule has 2 N–H and O–H groups in total. The lowest BCUT2D eigenvalue weighted by Crippen LogP contribution is -2.16. The van der Waals surface area contributed by atoms with E-state index in [9.17, 15) is 18.0 Å². The summed E-state index contributed by atoms with van der Waals surface area (Å²) in [5, 5.41) is 2.56. The predicted octanol–water partition coefficient (Wildman–Crippen LogP) is 2.38. The van der Waals surface area contributed by atoms with Crippen LogP contribution in [0.15, 0.2) is 59.5 Å². The van der Waals surface area contributed by atoms with Gasteiger partial charge in [-0.05, 0) is 30.3 Å². The first-order chi connectivity index (χ1) is 11.9. The molecule has 2 aromatic rings. The molecule has 0 saturated heterocycles. The van der Waals surface area contributed by atoms with Crippen molar-refractivity contribution >= 4 is 33.3 Å². The van der Waals surface area contributed by atoms with Crippen molar-refractivity contribution in [3.8, 4) is 0 Å². The molecule has 25 heavy (non-hydrogen) atoms. The summed E-state index contributed by atoms with van der Waals surface area (Å²) in [4.78, 5) is 22.9. The van der Waals surface area contributed by atoms with Crippen molar-refractivity contribution in [1.29, 1.82) is 0 Å². The minimum absolute atomic E-state index is 0.0159. The van der Waals surface area contributed by atoms with Crippen molar-refractivity contribution in [3.63, 3.8) is 0 Å². The van der Waals surface area contributed by atoms with E-state index in [1.165, 1.54) is 25.3 Å². The molecule has 0 heterocycles. The van der Waals surface area contributed by atoms with Gasteiger partial charge in [0, 0.05) is 17.8 Å². The van der Waals surface area contributed by atoms with Crippen LogP contribution in [0.4, 0.5) is 11.4 Å². The summed E-state index contributed by atoms with van der Waals surface area (Å²) in [6, 6.07) is 14.4. The number of carbonyl (C=O) groups is 2. The van der Waals surface area contributed by atoms with E-state index >= 15 is 0 Å². The second kappa shape index (κ2) is 8.29. The maximum atomic E-state index is 12.4. The van der Waals surface area contributed by atoms with Gasteiger partial charge in [0.15, 0.2) is 0 Å². The molecular weight excluding hydrogens is 344 g/mol. The maximum absolute atomic E-state index is 12.4. The second-order valence-electron chi connectivity index (χ2n) is 5.12. The van der Waals surface area contributed by atoms with E-state index in [1.807, 2.05) is 0 Å². The Kier molecular flexibility index (Phi) is 6.13. The molecule has 1 amide bonds. The molecule has 0 aliphatic carbocycles. The molecule has 0 spiro atoms. The van der Waals surface area contributed by atoms with Crippen LogP contribution in [0.2, 0.25) is 0 Å². The lowest BCUT2D eigenvalue weighted by Gasteiger charge is -2.10. The zero-order chi connectivity index (χ0) is 18.3. The molecule has 0 atom stereocenters. The number of esters is 1. The van der Waals surface area contributed by atoms with Gasteiger partial charge in [0.1, 0.15) is 0 Å². The quantitative estimate of drug-likeness (QED) is 0.737. The molecule has 2 aromatic carbocycles. The summed E-state index contributed by atoms with van der Waals surface area (Å²) in [7, 11) is -2.53. The smallest absolute Gasteiger partial charge is 0.306 e. The van der Waals surface area contributed by atoms with Crippen molar-refractivity contribution in [1.82, 2.24) is 0 Å². The first-order valence-electron chi connectivity index (χ1n) is 7.45. The van der Waals surface area contributed by atoms with Gasteiger partial charge in [0.05, 0.1) is 18.4 Å². The number of benzene rings is 2. The molecule has 7 nitrogen and oxygen atoms in total. The lowest BCUT2D eigenvalue weighted by molar-refractivity contribution is -0.141. The molecule has 132 valence electrons. The Morgan fingerprint density at radius 1 is 0.960 bits per heavy atom. The van der Waals surface area contributed by atoms with E-state index in [-0.39, 0.29) is 17.7 Å². The fourth-order valence-electron chi connectivity index (χ4n) is 2.00. The Morgan fingerprint density at radius 3 is 2.32 bits per heavy atom. The van der Waals surface area contributed by atoms with E-state index in [1.54, 1.807) is 36.4 Å². The highest BCUT2D eigenvalue weighted by Crippen LogP contribution is 2.19. The summed E-state index contributed by atoms with van der Waals surface area (Å²) >= 11 is 0. The van der Waals surface area contributed by atoms with Crippen LogP contribution >= 0.6 is 0 Å². The summed E-state index contributed by atoms with van der Waals surface area (Å²) in [6.07, 6.45) is -0.0954. The first kappa shape index (κ1) is 18.5. The second-order valence-corrected chi connectivity index (χ2v) is 6.81. The van der Waals surface area contributed by atoms with E-state index in [0.29, 0.717) is 11.4 Å². The number of rotatable bonds is 7. The number of hydrogen-bond acceptors (Lipinski definition) is 5. The maximum Gasteiger partial charge on any atom is 0.306 e. The molecule has 0 fully saturated rings. The Bertz CT molecular complexity index is 850. The van der Waals surface area contributed by atoms with Crippen molar-refractivity contribution < 1.29 is 22.7 Å². The number of carbonyl (C=O) groups excluding carboxylic acids is 2. The van der Waals surface area contributed by atoms with Crippen molar-refractivity contribution in [2.24, 2.45) is 0 Å². The van der Waals surface area contributed by atoms with Crippen LogP contribution < -0.4 is 10.0 Å². The molecule has 2 rings (SSSR count). The number of ether oxygens (including phenoxy) is 1. The van der Waals surface area contributed by atoms with Crippen LogP contribution in [0.5, 0.6) is 0 Å². The van der Waals surface area contributed by atoms with Crippen molar-refractivity contribution in [3.05, 3.63) is 54.6 Å². The number of anilines is 2. The van der Waals surface area contributed by atoms with Crippen LogP contribution in [0.25, 0.3) is 0 Å². The number of nitrogens with one attached hydrogen (secondary N) is 2. The van der Waals surface area contributed by atoms with Gasteiger partial charge in [-0.2, -0.15) is 0 Å². The van der Waals surface area contributed by atoms with Gasteiger partial charge in [0.25, 0.3) is 10.0 Å². The van der Waals surface area contributed by atoms with E-state index < -0.39 is 21.9 Å². The highest BCUT2D eigenvalue weighted by Gasteiger charge is 2.15. The molecule has 0 radical (unpaired) electrons. The number of para-hydroxylation sites is 1. The average Bonchev–Trinajstić information content (AvgIpc) is 2.60. The third kappa shape index (κ3) is 5.61. The zero-order valence-electron chi connectivity index (χ0n) is 13.6. The Morgan fingerprint density at radius 2 is 1.64 bits per heavy atom. The molecule has 0 aliphatic rings. The van der Waals surface area contributed by atoms with Gasteiger partial charge in [-0.3, -0.25) is 14.3 Å². The first-order valence-corrected chi connectivity index (χ1v) is 8.93. The summed E-state index contributed by atoms with van der Waals surface area (Å²) in [5.41, 5.74) is 0.765. The fraction of sp³-hybridized carbons (Fsp3) is 0.176. The lowest BCUT2D eigenvalue weighted by atomic mass is 10.2. The Labute approximate surface area is 146 Å². The normalized spacial score (nSPS) is 10.8. The van der Waals surface area contributed by atoms with Gasteiger partial charge in [-0.15, -0.1) is 0 Å².